The molecule has 0 atom stereocenters. The molecule has 0 bridgehead atoms. The largest absolute Gasteiger partial charge is 0.314 e. The summed E-state index contributed by atoms with van der Waals surface area (Å²) in [5.74, 6) is -8.09. The Morgan fingerprint density at radius 1 is 0.857 bits per heavy atom. The molecule has 0 radical (unpaired) electrons. The fourth-order valence-electron chi connectivity index (χ4n) is 1.02. The summed E-state index contributed by atoms with van der Waals surface area (Å²) in [7, 11) is 0. The van der Waals surface area contributed by atoms with Crippen LogP contribution in [0.15, 0.2) is 24.3 Å². The normalized spacial score (nSPS) is 12.7. The molecule has 0 aliphatic heterocycles. The molecule has 0 saturated carbocycles. The topological polar surface area (TPSA) is 0 Å². The number of halogens is 4. The molecule has 0 saturated heterocycles. The van der Waals surface area contributed by atoms with E-state index in [0.29, 0.717) is 0 Å². The van der Waals surface area contributed by atoms with Gasteiger partial charge in [0.15, 0.2) is 0 Å². The predicted molar refractivity (Wildman–Crippen MR) is 48.8 cm³/mol. The third kappa shape index (κ3) is 3.52. The van der Waals surface area contributed by atoms with E-state index in [1.54, 1.807) is 0 Å². The van der Waals surface area contributed by atoms with E-state index >= 15 is 0 Å². The minimum absolute atomic E-state index is 0.0383. The molecule has 0 nitrogen and oxygen atoms in total. The molecule has 0 aromatic rings. The van der Waals surface area contributed by atoms with Crippen molar-refractivity contribution < 1.29 is 17.6 Å². The van der Waals surface area contributed by atoms with Crippen molar-refractivity contribution in [2.75, 3.05) is 0 Å². The predicted octanol–water partition coefficient (Wildman–Crippen LogP) is 4.19. The van der Waals surface area contributed by atoms with Gasteiger partial charge in [-0.05, 0) is 13.8 Å². The maximum atomic E-state index is 13.0. The first kappa shape index (κ1) is 13.2. The molecule has 0 heterocycles. The van der Waals surface area contributed by atoms with Crippen LogP contribution in [0.1, 0.15) is 26.7 Å². The van der Waals surface area contributed by atoms with Crippen molar-refractivity contribution >= 4 is 0 Å². The highest BCUT2D eigenvalue weighted by Gasteiger charge is 2.55. The Kier molecular flexibility index (Phi) is 3.91. The van der Waals surface area contributed by atoms with E-state index in [1.165, 1.54) is 13.8 Å². The standard InChI is InChI=1S/C10H14F4/c1-7(2)5-9(11,12)10(13,14)6-8(3)4/h1,3,5-6H2,2,4H3. The molecule has 0 unspecified atom stereocenters. The molecular weight excluding hydrogens is 196 g/mol. The fraction of sp³-hybridized carbons (Fsp3) is 0.600. The monoisotopic (exact) mass is 210 g/mol. The Bertz CT molecular complexity index is 215. The first-order valence-corrected chi connectivity index (χ1v) is 4.13. The van der Waals surface area contributed by atoms with Crippen molar-refractivity contribution in [3.05, 3.63) is 24.3 Å². The van der Waals surface area contributed by atoms with Crippen molar-refractivity contribution in [1.29, 1.82) is 0 Å². The zero-order valence-electron chi connectivity index (χ0n) is 8.34. The lowest BCUT2D eigenvalue weighted by Crippen LogP contribution is -2.40. The van der Waals surface area contributed by atoms with Gasteiger partial charge >= 0.3 is 11.8 Å². The quantitative estimate of drug-likeness (QED) is 0.471. The second-order valence-corrected chi connectivity index (χ2v) is 3.68. The summed E-state index contributed by atoms with van der Waals surface area (Å²) >= 11 is 0. The van der Waals surface area contributed by atoms with Crippen LogP contribution in [-0.4, -0.2) is 11.8 Å². The van der Waals surface area contributed by atoms with Crippen LogP contribution < -0.4 is 0 Å². The molecule has 0 rings (SSSR count). The van der Waals surface area contributed by atoms with Gasteiger partial charge in [-0.25, -0.2) is 0 Å². The number of hydrogen-bond donors (Lipinski definition) is 0. The van der Waals surface area contributed by atoms with Crippen LogP contribution in [-0.2, 0) is 0 Å². The zero-order valence-corrected chi connectivity index (χ0v) is 8.34. The lowest BCUT2D eigenvalue weighted by atomic mass is 9.99. The number of rotatable bonds is 5. The second-order valence-electron chi connectivity index (χ2n) is 3.68. The molecule has 0 aliphatic carbocycles. The highest BCUT2D eigenvalue weighted by atomic mass is 19.3. The minimum Gasteiger partial charge on any atom is -0.200 e. The van der Waals surface area contributed by atoms with E-state index < -0.39 is 24.7 Å². The van der Waals surface area contributed by atoms with Gasteiger partial charge < -0.3 is 0 Å². The van der Waals surface area contributed by atoms with Crippen molar-refractivity contribution in [2.24, 2.45) is 0 Å². The molecule has 0 aliphatic rings. The number of hydrogen-bond acceptors (Lipinski definition) is 0. The second kappa shape index (κ2) is 4.15. The third-order valence-electron chi connectivity index (χ3n) is 1.58. The Labute approximate surface area is 81.3 Å². The summed E-state index contributed by atoms with van der Waals surface area (Å²) in [5.41, 5.74) is 0.0766. The maximum absolute atomic E-state index is 13.0. The average molecular weight is 210 g/mol. The van der Waals surface area contributed by atoms with Crippen LogP contribution in [0.4, 0.5) is 17.6 Å². The molecular formula is C10H14F4. The molecule has 0 fully saturated rings. The zero-order chi connectivity index (χ0) is 11.6. The van der Waals surface area contributed by atoms with Crippen LogP contribution in [0, 0.1) is 0 Å². The van der Waals surface area contributed by atoms with Crippen LogP contribution in [0.3, 0.4) is 0 Å². The Balaban J connectivity index is 4.67. The lowest BCUT2D eigenvalue weighted by molar-refractivity contribution is -0.206. The van der Waals surface area contributed by atoms with E-state index in [-0.39, 0.29) is 11.1 Å². The van der Waals surface area contributed by atoms with Gasteiger partial charge in [-0.2, -0.15) is 17.6 Å². The highest BCUT2D eigenvalue weighted by molar-refractivity contribution is 5.04. The van der Waals surface area contributed by atoms with Crippen LogP contribution in [0.25, 0.3) is 0 Å². The van der Waals surface area contributed by atoms with E-state index in [4.69, 9.17) is 0 Å². The molecule has 82 valence electrons. The summed E-state index contributed by atoms with van der Waals surface area (Å²) < 4.78 is 51.8. The van der Waals surface area contributed by atoms with Gasteiger partial charge in [-0.3, -0.25) is 0 Å². The summed E-state index contributed by atoms with van der Waals surface area (Å²) in [4.78, 5) is 0. The highest BCUT2D eigenvalue weighted by Crippen LogP contribution is 2.42. The van der Waals surface area contributed by atoms with Crippen molar-refractivity contribution in [1.82, 2.24) is 0 Å². The van der Waals surface area contributed by atoms with Crippen molar-refractivity contribution in [2.45, 2.75) is 38.5 Å². The third-order valence-corrected chi connectivity index (χ3v) is 1.58. The first-order chi connectivity index (χ1) is 6.08. The first-order valence-electron chi connectivity index (χ1n) is 4.13. The van der Waals surface area contributed by atoms with E-state index in [9.17, 15) is 17.6 Å². The summed E-state index contributed by atoms with van der Waals surface area (Å²) in [6.07, 6.45) is -1.99. The van der Waals surface area contributed by atoms with Gasteiger partial charge in [0.2, 0.25) is 0 Å². The van der Waals surface area contributed by atoms with Crippen LogP contribution in [0.2, 0.25) is 0 Å². The number of allylic oxidation sites excluding steroid dienone is 2. The smallest absolute Gasteiger partial charge is 0.200 e. The van der Waals surface area contributed by atoms with E-state index in [0.717, 1.165) is 0 Å². The Morgan fingerprint density at radius 3 is 1.21 bits per heavy atom. The van der Waals surface area contributed by atoms with Gasteiger partial charge in [-0.15, -0.1) is 0 Å². The minimum atomic E-state index is -4.04. The summed E-state index contributed by atoms with van der Waals surface area (Å²) in [6, 6.07) is 0. The van der Waals surface area contributed by atoms with Crippen LogP contribution >= 0.6 is 0 Å². The van der Waals surface area contributed by atoms with Gasteiger partial charge in [0.1, 0.15) is 0 Å². The lowest BCUT2D eigenvalue weighted by Gasteiger charge is -2.26. The molecule has 0 N–H and O–H groups in total. The molecule has 0 aromatic carbocycles. The Hall–Kier alpha value is -0.800. The van der Waals surface area contributed by atoms with E-state index in [2.05, 4.69) is 13.2 Å². The molecule has 0 aromatic heterocycles. The fourth-order valence-corrected chi connectivity index (χ4v) is 1.02. The average Bonchev–Trinajstić information content (AvgIpc) is 1.78. The van der Waals surface area contributed by atoms with Crippen LogP contribution in [0.5, 0.6) is 0 Å². The van der Waals surface area contributed by atoms with Gasteiger partial charge in [-0.1, -0.05) is 24.3 Å². The SMILES string of the molecule is C=C(C)CC(F)(F)C(F)(F)CC(=C)C. The molecule has 4 heteroatoms. The maximum Gasteiger partial charge on any atom is 0.314 e. The summed E-state index contributed by atoms with van der Waals surface area (Å²) in [5, 5.41) is 0. The molecule has 0 spiro atoms. The Morgan fingerprint density at radius 2 is 1.07 bits per heavy atom. The van der Waals surface area contributed by atoms with Crippen molar-refractivity contribution in [3.8, 4) is 0 Å². The van der Waals surface area contributed by atoms with Crippen molar-refractivity contribution in [3.63, 3.8) is 0 Å². The molecule has 14 heavy (non-hydrogen) atoms. The van der Waals surface area contributed by atoms with Gasteiger partial charge in [0, 0.05) is 12.8 Å². The van der Waals surface area contributed by atoms with E-state index in [1.807, 2.05) is 0 Å². The van der Waals surface area contributed by atoms with Gasteiger partial charge in [0.25, 0.3) is 0 Å². The number of alkyl halides is 4. The summed E-state index contributed by atoms with van der Waals surface area (Å²) in [6.45, 7) is 8.99. The molecule has 0 amide bonds. The van der Waals surface area contributed by atoms with Gasteiger partial charge in [0.05, 0.1) is 0 Å².